The van der Waals surface area contributed by atoms with Crippen molar-refractivity contribution in [1.29, 1.82) is 0 Å². The van der Waals surface area contributed by atoms with Crippen molar-refractivity contribution in [3.8, 4) is 23.0 Å². The minimum atomic E-state index is -0.561. The molecule has 1 aliphatic rings. The molecular formula is C21H14N2O7. The van der Waals surface area contributed by atoms with Crippen LogP contribution in [0.4, 0.5) is 11.4 Å². The van der Waals surface area contributed by atoms with Crippen molar-refractivity contribution < 1.29 is 29.1 Å². The van der Waals surface area contributed by atoms with Crippen molar-refractivity contribution in [2.75, 3.05) is 12.0 Å². The summed E-state index contributed by atoms with van der Waals surface area (Å²) in [6, 6.07) is 14.1. The van der Waals surface area contributed by atoms with Gasteiger partial charge in [0.05, 0.1) is 28.8 Å². The molecule has 0 saturated heterocycles. The average Bonchev–Trinajstić information content (AvgIpc) is 2.98. The van der Waals surface area contributed by atoms with Crippen LogP contribution in [0.25, 0.3) is 0 Å². The maximum Gasteiger partial charge on any atom is 0.269 e. The Morgan fingerprint density at radius 2 is 1.57 bits per heavy atom. The van der Waals surface area contributed by atoms with Crippen LogP contribution in [-0.4, -0.2) is 29.0 Å². The second kappa shape index (κ2) is 7.21. The Kier molecular flexibility index (Phi) is 4.55. The van der Waals surface area contributed by atoms with Gasteiger partial charge in [0.15, 0.2) is 11.5 Å². The van der Waals surface area contributed by atoms with E-state index in [1.165, 1.54) is 67.8 Å². The second-order valence-electron chi connectivity index (χ2n) is 6.36. The van der Waals surface area contributed by atoms with Crippen LogP contribution < -0.4 is 14.4 Å². The van der Waals surface area contributed by atoms with Crippen LogP contribution in [0.5, 0.6) is 23.0 Å². The van der Waals surface area contributed by atoms with Gasteiger partial charge >= 0.3 is 0 Å². The zero-order chi connectivity index (χ0) is 21.4. The van der Waals surface area contributed by atoms with Gasteiger partial charge in [0.1, 0.15) is 11.5 Å². The van der Waals surface area contributed by atoms with Gasteiger partial charge in [-0.15, -0.1) is 0 Å². The number of nitro benzene ring substituents is 1. The minimum absolute atomic E-state index is 0.0736. The van der Waals surface area contributed by atoms with Crippen LogP contribution in [-0.2, 0) is 0 Å². The molecule has 4 rings (SSSR count). The highest BCUT2D eigenvalue weighted by Gasteiger charge is 2.37. The molecule has 0 saturated carbocycles. The predicted molar refractivity (Wildman–Crippen MR) is 105 cm³/mol. The quantitative estimate of drug-likeness (QED) is 0.388. The average molecular weight is 406 g/mol. The topological polar surface area (TPSA) is 119 Å². The molecule has 0 radical (unpaired) electrons. The smallest absolute Gasteiger partial charge is 0.269 e. The van der Waals surface area contributed by atoms with Crippen LogP contribution in [0.1, 0.15) is 20.7 Å². The van der Waals surface area contributed by atoms with Crippen LogP contribution in [0.2, 0.25) is 0 Å². The summed E-state index contributed by atoms with van der Waals surface area (Å²) in [6.07, 6.45) is 0. The molecule has 0 bridgehead atoms. The number of nitro groups is 1. The van der Waals surface area contributed by atoms with Crippen molar-refractivity contribution in [2.24, 2.45) is 0 Å². The highest BCUT2D eigenvalue weighted by molar-refractivity contribution is 6.34. The predicted octanol–water partition coefficient (Wildman–Crippen LogP) is 3.90. The van der Waals surface area contributed by atoms with Crippen molar-refractivity contribution >= 4 is 23.2 Å². The van der Waals surface area contributed by atoms with Gasteiger partial charge in [-0.25, -0.2) is 4.90 Å². The Hall–Kier alpha value is -4.40. The van der Waals surface area contributed by atoms with Crippen LogP contribution in [0.15, 0.2) is 60.7 Å². The number of carbonyl (C=O) groups excluding carboxylic acids is 2. The lowest BCUT2D eigenvalue weighted by Crippen LogP contribution is -2.29. The third-order valence-electron chi connectivity index (χ3n) is 4.56. The van der Waals surface area contributed by atoms with E-state index in [4.69, 9.17) is 9.47 Å². The molecule has 3 aromatic carbocycles. The fourth-order valence-electron chi connectivity index (χ4n) is 3.11. The van der Waals surface area contributed by atoms with E-state index < -0.39 is 16.7 Å². The number of aromatic hydroxyl groups is 1. The van der Waals surface area contributed by atoms with Gasteiger partial charge in [-0.05, 0) is 42.5 Å². The summed E-state index contributed by atoms with van der Waals surface area (Å²) in [5.74, 6) is -0.435. The molecular weight excluding hydrogens is 392 g/mol. The third-order valence-corrected chi connectivity index (χ3v) is 4.56. The van der Waals surface area contributed by atoms with E-state index in [1.54, 1.807) is 0 Å². The lowest BCUT2D eigenvalue weighted by atomic mass is 10.1. The minimum Gasteiger partial charge on any atom is -0.504 e. The molecule has 0 atom stereocenters. The number of anilines is 1. The van der Waals surface area contributed by atoms with E-state index >= 15 is 0 Å². The van der Waals surface area contributed by atoms with Gasteiger partial charge in [-0.3, -0.25) is 19.7 Å². The van der Waals surface area contributed by atoms with Gasteiger partial charge in [0.25, 0.3) is 17.5 Å². The summed E-state index contributed by atoms with van der Waals surface area (Å²) < 4.78 is 10.6. The lowest BCUT2D eigenvalue weighted by molar-refractivity contribution is -0.384. The van der Waals surface area contributed by atoms with E-state index in [1.807, 2.05) is 0 Å². The highest BCUT2D eigenvalue weighted by atomic mass is 16.6. The number of fused-ring (bicyclic) bond motifs is 1. The van der Waals surface area contributed by atoms with Gasteiger partial charge < -0.3 is 14.6 Å². The maximum atomic E-state index is 12.9. The van der Waals surface area contributed by atoms with E-state index in [-0.39, 0.29) is 34.0 Å². The molecule has 9 heteroatoms. The first-order valence-electron chi connectivity index (χ1n) is 8.71. The molecule has 0 fully saturated rings. The number of carbonyl (C=O) groups is 2. The van der Waals surface area contributed by atoms with E-state index in [0.29, 0.717) is 11.5 Å². The first-order chi connectivity index (χ1) is 14.4. The SMILES string of the molecule is COc1ccc(N2C(=O)c3ccc(Oc4ccc([N+](=O)[O-])cc4)cc3C2=O)cc1O. The summed E-state index contributed by atoms with van der Waals surface area (Å²) in [4.78, 5) is 36.8. The van der Waals surface area contributed by atoms with Crippen molar-refractivity contribution in [1.82, 2.24) is 0 Å². The number of nitrogens with zero attached hydrogens (tertiary/aromatic N) is 2. The van der Waals surface area contributed by atoms with Crippen molar-refractivity contribution in [3.63, 3.8) is 0 Å². The Balaban J connectivity index is 1.62. The summed E-state index contributed by atoms with van der Waals surface area (Å²) in [5.41, 5.74) is 0.480. The monoisotopic (exact) mass is 406 g/mol. The van der Waals surface area contributed by atoms with Crippen LogP contribution in [0, 0.1) is 10.1 Å². The first-order valence-corrected chi connectivity index (χ1v) is 8.71. The lowest BCUT2D eigenvalue weighted by Gasteiger charge is -2.15. The molecule has 2 amide bonds. The fraction of sp³-hybridized carbons (Fsp3) is 0.0476. The third kappa shape index (κ3) is 3.18. The van der Waals surface area contributed by atoms with Crippen molar-refractivity contribution in [2.45, 2.75) is 0 Å². The highest BCUT2D eigenvalue weighted by Crippen LogP contribution is 2.36. The molecule has 0 aromatic heterocycles. The number of benzene rings is 3. The largest absolute Gasteiger partial charge is 0.504 e. The normalized spacial score (nSPS) is 12.6. The molecule has 1 heterocycles. The number of ether oxygens (including phenoxy) is 2. The number of hydrogen-bond donors (Lipinski definition) is 1. The number of phenols is 1. The molecule has 9 nitrogen and oxygen atoms in total. The number of non-ortho nitro benzene ring substituents is 1. The zero-order valence-corrected chi connectivity index (χ0v) is 15.6. The molecule has 1 aliphatic heterocycles. The number of methoxy groups -OCH3 is 1. The number of imide groups is 1. The number of rotatable bonds is 5. The van der Waals surface area contributed by atoms with Crippen LogP contribution >= 0.6 is 0 Å². The Morgan fingerprint density at radius 3 is 2.20 bits per heavy atom. The second-order valence-corrected chi connectivity index (χ2v) is 6.36. The molecule has 30 heavy (non-hydrogen) atoms. The molecule has 1 N–H and O–H groups in total. The van der Waals surface area contributed by atoms with Crippen molar-refractivity contribution in [3.05, 3.63) is 81.9 Å². The summed E-state index contributed by atoms with van der Waals surface area (Å²) in [7, 11) is 1.39. The Morgan fingerprint density at radius 1 is 0.900 bits per heavy atom. The number of hydrogen-bond acceptors (Lipinski definition) is 7. The molecule has 0 spiro atoms. The maximum absolute atomic E-state index is 12.9. The zero-order valence-electron chi connectivity index (χ0n) is 15.6. The summed E-state index contributed by atoms with van der Waals surface area (Å²) in [5, 5.41) is 20.7. The molecule has 0 unspecified atom stereocenters. The van der Waals surface area contributed by atoms with E-state index in [0.717, 1.165) is 4.90 Å². The van der Waals surface area contributed by atoms with Gasteiger partial charge in [-0.1, -0.05) is 0 Å². The van der Waals surface area contributed by atoms with Crippen LogP contribution in [0.3, 0.4) is 0 Å². The molecule has 3 aromatic rings. The van der Waals surface area contributed by atoms with Gasteiger partial charge in [0, 0.05) is 18.2 Å². The van der Waals surface area contributed by atoms with Gasteiger partial charge in [-0.2, -0.15) is 0 Å². The fourth-order valence-corrected chi connectivity index (χ4v) is 3.11. The summed E-state index contributed by atoms with van der Waals surface area (Å²) >= 11 is 0. The van der Waals surface area contributed by atoms with E-state index in [2.05, 4.69) is 0 Å². The van der Waals surface area contributed by atoms with Gasteiger partial charge in [0.2, 0.25) is 0 Å². The first kappa shape index (κ1) is 18.9. The standard InChI is InChI=1S/C21H14N2O7/c1-29-19-9-4-13(10-18(19)24)22-20(25)16-8-7-15(11-17(16)21(22)26)30-14-5-2-12(3-6-14)23(27)28/h2-11,24H,1H3. The molecule has 0 aliphatic carbocycles. The Labute approximate surface area is 169 Å². The number of phenolic OH excluding ortho intramolecular Hbond substituents is 1. The Bertz CT molecular complexity index is 1190. The molecule has 150 valence electrons. The summed E-state index contributed by atoms with van der Waals surface area (Å²) in [6.45, 7) is 0. The number of amides is 2. The van der Waals surface area contributed by atoms with E-state index in [9.17, 15) is 24.8 Å².